The van der Waals surface area contributed by atoms with Gasteiger partial charge in [-0.1, -0.05) is 40.5 Å². The van der Waals surface area contributed by atoms with Gasteiger partial charge in [0.05, 0.1) is 12.8 Å². The highest BCUT2D eigenvalue weighted by Crippen LogP contribution is 2.27. The largest absolute Gasteiger partial charge is 0.495 e. The van der Waals surface area contributed by atoms with Crippen LogP contribution in [0.5, 0.6) is 5.75 Å². The highest BCUT2D eigenvalue weighted by molar-refractivity contribution is 6.33. The Balaban J connectivity index is 1.88. The van der Waals surface area contributed by atoms with Crippen LogP contribution in [0.3, 0.4) is 0 Å². The predicted molar refractivity (Wildman–Crippen MR) is 91.4 cm³/mol. The molecule has 0 fully saturated rings. The van der Waals surface area contributed by atoms with E-state index in [4.69, 9.17) is 32.8 Å². The molecule has 2 rings (SSSR count). The fraction of sp³-hybridized carbons (Fsp3) is 0.125. The smallest absolute Gasteiger partial charge is 0.270 e. The summed E-state index contributed by atoms with van der Waals surface area (Å²) < 4.78 is 5.13. The molecule has 0 saturated heterocycles. The van der Waals surface area contributed by atoms with Crippen LogP contribution in [0.4, 0.5) is 5.69 Å². The number of hydrogen-bond donors (Lipinski definition) is 1. The Morgan fingerprint density at radius 3 is 2.74 bits per heavy atom. The molecule has 120 valence electrons. The van der Waals surface area contributed by atoms with Crippen LogP contribution in [0.1, 0.15) is 5.56 Å². The SMILES string of the molecule is COc1ccc(Cl)cc1NC(=O)/C=N\OCc1cccc(Cl)c1. The van der Waals surface area contributed by atoms with E-state index < -0.39 is 5.91 Å². The first kappa shape index (κ1) is 17.1. The molecule has 0 atom stereocenters. The summed E-state index contributed by atoms with van der Waals surface area (Å²) in [6.07, 6.45) is 1.03. The van der Waals surface area contributed by atoms with Gasteiger partial charge in [-0.05, 0) is 35.9 Å². The fourth-order valence-electron chi connectivity index (χ4n) is 1.77. The van der Waals surface area contributed by atoms with Crippen LogP contribution in [0.2, 0.25) is 10.0 Å². The maximum Gasteiger partial charge on any atom is 0.270 e. The number of nitrogens with zero attached hydrogens (tertiary/aromatic N) is 1. The van der Waals surface area contributed by atoms with Crippen LogP contribution < -0.4 is 10.1 Å². The van der Waals surface area contributed by atoms with Gasteiger partial charge in [0, 0.05) is 10.0 Å². The van der Waals surface area contributed by atoms with Crippen molar-refractivity contribution in [2.75, 3.05) is 12.4 Å². The third-order valence-electron chi connectivity index (χ3n) is 2.78. The van der Waals surface area contributed by atoms with Gasteiger partial charge in [0.15, 0.2) is 0 Å². The second-order valence-electron chi connectivity index (χ2n) is 4.47. The van der Waals surface area contributed by atoms with E-state index in [2.05, 4.69) is 10.5 Å². The fourth-order valence-corrected chi connectivity index (χ4v) is 2.15. The van der Waals surface area contributed by atoms with Crippen LogP contribution in [-0.4, -0.2) is 19.2 Å². The van der Waals surface area contributed by atoms with E-state index in [0.717, 1.165) is 11.8 Å². The molecule has 0 heterocycles. The molecule has 0 aromatic heterocycles. The van der Waals surface area contributed by atoms with Gasteiger partial charge < -0.3 is 14.9 Å². The van der Waals surface area contributed by atoms with Crippen molar-refractivity contribution >= 4 is 41.0 Å². The molecule has 1 N–H and O–H groups in total. The van der Waals surface area contributed by atoms with Crippen LogP contribution >= 0.6 is 23.2 Å². The van der Waals surface area contributed by atoms with Gasteiger partial charge >= 0.3 is 0 Å². The molecule has 5 nitrogen and oxygen atoms in total. The number of nitrogens with one attached hydrogen (secondary N) is 1. The maximum absolute atomic E-state index is 11.8. The Labute approximate surface area is 143 Å². The summed E-state index contributed by atoms with van der Waals surface area (Å²) in [5.41, 5.74) is 1.30. The van der Waals surface area contributed by atoms with E-state index >= 15 is 0 Å². The zero-order chi connectivity index (χ0) is 16.7. The van der Waals surface area contributed by atoms with E-state index in [1.165, 1.54) is 7.11 Å². The van der Waals surface area contributed by atoms with E-state index in [1.54, 1.807) is 30.3 Å². The minimum Gasteiger partial charge on any atom is -0.495 e. The van der Waals surface area contributed by atoms with Crippen molar-refractivity contribution < 1.29 is 14.4 Å². The molecule has 0 unspecified atom stereocenters. The zero-order valence-corrected chi connectivity index (χ0v) is 13.8. The summed E-state index contributed by atoms with van der Waals surface area (Å²) in [4.78, 5) is 16.9. The number of carbonyl (C=O) groups excluding carboxylic acids is 1. The van der Waals surface area contributed by atoms with E-state index in [0.29, 0.717) is 21.5 Å². The zero-order valence-electron chi connectivity index (χ0n) is 12.3. The number of hydrogen-bond acceptors (Lipinski definition) is 4. The van der Waals surface area contributed by atoms with Crippen LogP contribution in [0.15, 0.2) is 47.6 Å². The average Bonchev–Trinajstić information content (AvgIpc) is 2.52. The van der Waals surface area contributed by atoms with Crippen molar-refractivity contribution in [1.82, 2.24) is 0 Å². The maximum atomic E-state index is 11.8. The Morgan fingerprint density at radius 1 is 1.22 bits per heavy atom. The average molecular weight is 353 g/mol. The molecule has 0 aliphatic carbocycles. The normalized spacial score (nSPS) is 10.6. The topological polar surface area (TPSA) is 59.9 Å². The quantitative estimate of drug-likeness (QED) is 0.627. The second kappa shape index (κ2) is 8.41. The summed E-state index contributed by atoms with van der Waals surface area (Å²) in [5.74, 6) is 0.0349. The highest BCUT2D eigenvalue weighted by Gasteiger charge is 2.06. The highest BCUT2D eigenvalue weighted by atomic mass is 35.5. The lowest BCUT2D eigenvalue weighted by molar-refractivity contribution is -0.110. The molecule has 2 aromatic carbocycles. The van der Waals surface area contributed by atoms with Gasteiger partial charge in [-0.25, -0.2) is 0 Å². The van der Waals surface area contributed by atoms with Crippen molar-refractivity contribution in [3.8, 4) is 5.75 Å². The molecule has 2 aromatic rings. The monoisotopic (exact) mass is 352 g/mol. The third-order valence-corrected chi connectivity index (χ3v) is 3.25. The molecule has 0 aliphatic rings. The van der Waals surface area contributed by atoms with Crippen LogP contribution in [0.25, 0.3) is 0 Å². The van der Waals surface area contributed by atoms with Gasteiger partial charge in [-0.3, -0.25) is 4.79 Å². The van der Waals surface area contributed by atoms with Gasteiger partial charge in [-0.15, -0.1) is 0 Å². The first-order chi connectivity index (χ1) is 11.1. The molecular formula is C16H14Cl2N2O3. The number of carbonyl (C=O) groups is 1. The molecule has 0 bridgehead atoms. The summed E-state index contributed by atoms with van der Waals surface area (Å²) in [6, 6.07) is 12.1. The molecule has 23 heavy (non-hydrogen) atoms. The lowest BCUT2D eigenvalue weighted by atomic mass is 10.2. The Hall–Kier alpha value is -2.24. The molecule has 7 heteroatoms. The number of ether oxygens (including phenoxy) is 1. The van der Waals surface area contributed by atoms with E-state index in [9.17, 15) is 4.79 Å². The second-order valence-corrected chi connectivity index (χ2v) is 5.34. The summed E-state index contributed by atoms with van der Waals surface area (Å²) in [5, 5.41) is 7.32. The molecule has 0 radical (unpaired) electrons. The molecule has 0 spiro atoms. The van der Waals surface area contributed by atoms with Crippen molar-refractivity contribution in [2.24, 2.45) is 5.16 Å². The van der Waals surface area contributed by atoms with Crippen molar-refractivity contribution in [2.45, 2.75) is 6.61 Å². The van der Waals surface area contributed by atoms with Crippen molar-refractivity contribution in [1.29, 1.82) is 0 Å². The number of anilines is 1. The van der Waals surface area contributed by atoms with Crippen LogP contribution in [0, 0.1) is 0 Å². The number of amides is 1. The standard InChI is InChI=1S/C16H14Cl2N2O3/c1-22-15-6-5-13(18)8-14(15)20-16(21)9-19-23-10-11-3-2-4-12(17)7-11/h2-9H,10H2,1H3,(H,20,21)/b19-9-. The molecule has 0 aliphatic heterocycles. The molecular weight excluding hydrogens is 339 g/mol. The van der Waals surface area contributed by atoms with Gasteiger partial charge in [0.1, 0.15) is 18.6 Å². The Morgan fingerprint density at radius 2 is 2.00 bits per heavy atom. The number of benzene rings is 2. The van der Waals surface area contributed by atoms with Gasteiger partial charge in [0.25, 0.3) is 5.91 Å². The minimum atomic E-state index is -0.461. The number of halogens is 2. The molecule has 0 saturated carbocycles. The van der Waals surface area contributed by atoms with Gasteiger partial charge in [-0.2, -0.15) is 0 Å². The minimum absolute atomic E-state index is 0.213. The van der Waals surface area contributed by atoms with E-state index in [-0.39, 0.29) is 6.61 Å². The Bertz CT molecular complexity index is 720. The lowest BCUT2D eigenvalue weighted by Gasteiger charge is -2.08. The van der Waals surface area contributed by atoms with E-state index in [1.807, 2.05) is 12.1 Å². The number of methoxy groups -OCH3 is 1. The third kappa shape index (κ3) is 5.47. The first-order valence-corrected chi connectivity index (χ1v) is 7.38. The first-order valence-electron chi connectivity index (χ1n) is 6.63. The predicted octanol–water partition coefficient (Wildman–Crippen LogP) is 4.14. The van der Waals surface area contributed by atoms with Gasteiger partial charge in [0.2, 0.25) is 0 Å². The summed E-state index contributed by atoms with van der Waals surface area (Å²) in [6.45, 7) is 0.213. The van der Waals surface area contributed by atoms with Crippen LogP contribution in [-0.2, 0) is 16.2 Å². The number of oxime groups is 1. The lowest BCUT2D eigenvalue weighted by Crippen LogP contribution is -2.13. The Kier molecular flexibility index (Phi) is 6.26. The van der Waals surface area contributed by atoms with Crippen molar-refractivity contribution in [3.63, 3.8) is 0 Å². The summed E-state index contributed by atoms with van der Waals surface area (Å²) in [7, 11) is 1.50. The number of rotatable bonds is 6. The summed E-state index contributed by atoms with van der Waals surface area (Å²) >= 11 is 11.7. The van der Waals surface area contributed by atoms with Crippen molar-refractivity contribution in [3.05, 3.63) is 58.1 Å². The molecule has 1 amide bonds.